The van der Waals surface area contributed by atoms with Crippen LogP contribution in [0.25, 0.3) is 0 Å². The van der Waals surface area contributed by atoms with Crippen LogP contribution in [0.5, 0.6) is 0 Å². The van der Waals surface area contributed by atoms with Crippen molar-refractivity contribution < 1.29 is 9.18 Å². The number of likely N-dealkylation sites (tertiary alicyclic amines) is 1. The first-order valence-electron chi connectivity index (χ1n) is 7.13. The molecule has 1 aromatic rings. The van der Waals surface area contributed by atoms with Gasteiger partial charge in [0.1, 0.15) is 5.82 Å². The van der Waals surface area contributed by atoms with Crippen molar-refractivity contribution in [2.45, 2.75) is 33.6 Å². The fraction of sp³-hybridized carbons (Fsp3) is 0.562. The predicted octanol–water partition coefficient (Wildman–Crippen LogP) is 3.31. The van der Waals surface area contributed by atoms with E-state index in [1.165, 1.54) is 18.2 Å². The number of nitrogen functional groups attached to an aromatic ring is 1. The van der Waals surface area contributed by atoms with Gasteiger partial charge in [0.15, 0.2) is 0 Å². The summed E-state index contributed by atoms with van der Waals surface area (Å²) in [6, 6.07) is 4.18. The Kier molecular flexibility index (Phi) is 4.02. The summed E-state index contributed by atoms with van der Waals surface area (Å²) in [7, 11) is 0. The number of carbonyl (C=O) groups is 1. The minimum Gasteiger partial charge on any atom is -0.396 e. The summed E-state index contributed by atoms with van der Waals surface area (Å²) < 4.78 is 13.1. The van der Waals surface area contributed by atoms with E-state index in [9.17, 15) is 9.18 Å². The molecular formula is C16H23FN2O. The molecule has 0 aromatic heterocycles. The molecular weight excluding hydrogens is 255 g/mol. The van der Waals surface area contributed by atoms with Crippen molar-refractivity contribution in [3.8, 4) is 0 Å². The largest absolute Gasteiger partial charge is 0.396 e. The highest BCUT2D eigenvalue weighted by Crippen LogP contribution is 2.34. The van der Waals surface area contributed by atoms with Crippen LogP contribution in [-0.2, 0) is 0 Å². The lowest BCUT2D eigenvalue weighted by Crippen LogP contribution is -2.41. The van der Waals surface area contributed by atoms with Crippen molar-refractivity contribution in [2.75, 3.05) is 18.8 Å². The van der Waals surface area contributed by atoms with E-state index in [0.717, 1.165) is 25.9 Å². The Morgan fingerprint density at radius 1 is 1.30 bits per heavy atom. The van der Waals surface area contributed by atoms with Crippen LogP contribution in [0.4, 0.5) is 10.1 Å². The van der Waals surface area contributed by atoms with Gasteiger partial charge in [0, 0.05) is 18.7 Å². The summed E-state index contributed by atoms with van der Waals surface area (Å²) in [5.74, 6) is 0.113. The third kappa shape index (κ3) is 3.11. The molecule has 2 rings (SSSR count). The van der Waals surface area contributed by atoms with Crippen molar-refractivity contribution in [2.24, 2.45) is 11.3 Å². The third-order valence-corrected chi connectivity index (χ3v) is 4.25. The molecule has 1 aliphatic heterocycles. The van der Waals surface area contributed by atoms with Gasteiger partial charge in [-0.15, -0.1) is 0 Å². The van der Waals surface area contributed by atoms with E-state index in [1.54, 1.807) is 0 Å². The Morgan fingerprint density at radius 3 is 2.40 bits per heavy atom. The number of hydrogen-bond acceptors (Lipinski definition) is 2. The number of hydrogen-bond donors (Lipinski definition) is 1. The summed E-state index contributed by atoms with van der Waals surface area (Å²) in [6.45, 7) is 8.26. The first-order valence-corrected chi connectivity index (χ1v) is 7.13. The summed E-state index contributed by atoms with van der Waals surface area (Å²) >= 11 is 0. The first-order chi connectivity index (χ1) is 9.29. The van der Waals surface area contributed by atoms with Gasteiger partial charge in [0.25, 0.3) is 5.91 Å². The molecule has 110 valence electrons. The number of rotatable bonds is 1. The quantitative estimate of drug-likeness (QED) is 0.801. The van der Waals surface area contributed by atoms with Crippen LogP contribution in [0.2, 0.25) is 0 Å². The molecule has 1 heterocycles. The number of carbonyl (C=O) groups excluding carboxylic acids is 1. The van der Waals surface area contributed by atoms with Crippen molar-refractivity contribution in [3.05, 3.63) is 29.6 Å². The zero-order chi connectivity index (χ0) is 14.9. The average Bonchev–Trinajstić information content (AvgIpc) is 2.40. The van der Waals surface area contributed by atoms with E-state index in [2.05, 4.69) is 20.8 Å². The second kappa shape index (κ2) is 5.43. The van der Waals surface area contributed by atoms with E-state index in [1.807, 2.05) is 4.90 Å². The van der Waals surface area contributed by atoms with Crippen LogP contribution in [0.1, 0.15) is 44.0 Å². The van der Waals surface area contributed by atoms with Crippen LogP contribution in [0.3, 0.4) is 0 Å². The van der Waals surface area contributed by atoms with Gasteiger partial charge >= 0.3 is 0 Å². The maximum absolute atomic E-state index is 13.1. The molecule has 1 aromatic carbocycles. The number of piperidine rings is 1. The number of halogens is 1. The van der Waals surface area contributed by atoms with Gasteiger partial charge < -0.3 is 10.6 Å². The molecule has 2 N–H and O–H groups in total. The van der Waals surface area contributed by atoms with E-state index in [0.29, 0.717) is 11.5 Å². The van der Waals surface area contributed by atoms with Crippen LogP contribution < -0.4 is 5.73 Å². The Bertz CT molecular complexity index is 500. The molecule has 0 aliphatic carbocycles. The number of benzene rings is 1. The number of nitrogens with two attached hydrogens (primary N) is 1. The standard InChI is InChI=1S/C16H23FN2O/c1-16(2,3)12-6-8-19(9-7-12)15(20)11-4-5-13(17)14(18)10-11/h4-5,10,12H,6-9,18H2,1-3H3. The zero-order valence-corrected chi connectivity index (χ0v) is 12.4. The van der Waals surface area contributed by atoms with E-state index >= 15 is 0 Å². The molecule has 1 saturated heterocycles. The molecule has 0 saturated carbocycles. The summed E-state index contributed by atoms with van der Waals surface area (Å²) in [4.78, 5) is 14.2. The molecule has 4 heteroatoms. The van der Waals surface area contributed by atoms with Gasteiger partial charge in [-0.1, -0.05) is 20.8 Å². The summed E-state index contributed by atoms with van der Waals surface area (Å²) in [5, 5.41) is 0. The molecule has 0 radical (unpaired) electrons. The second-order valence-electron chi connectivity index (χ2n) is 6.67. The Morgan fingerprint density at radius 2 is 1.90 bits per heavy atom. The maximum Gasteiger partial charge on any atom is 0.253 e. The molecule has 1 aliphatic rings. The molecule has 0 unspecified atom stereocenters. The van der Waals surface area contributed by atoms with Crippen molar-refractivity contribution >= 4 is 11.6 Å². The van der Waals surface area contributed by atoms with Gasteiger partial charge in [0.2, 0.25) is 0 Å². The summed E-state index contributed by atoms with van der Waals surface area (Å²) in [5.41, 5.74) is 6.31. The highest BCUT2D eigenvalue weighted by atomic mass is 19.1. The lowest BCUT2D eigenvalue weighted by molar-refractivity contribution is 0.0609. The first kappa shape index (κ1) is 14.8. The number of nitrogens with zero attached hydrogens (tertiary/aromatic N) is 1. The lowest BCUT2D eigenvalue weighted by atomic mass is 9.75. The lowest BCUT2D eigenvalue weighted by Gasteiger charge is -2.38. The van der Waals surface area contributed by atoms with E-state index < -0.39 is 5.82 Å². The molecule has 0 spiro atoms. The fourth-order valence-corrected chi connectivity index (χ4v) is 2.81. The maximum atomic E-state index is 13.1. The minimum atomic E-state index is -0.479. The molecule has 1 amide bonds. The highest BCUT2D eigenvalue weighted by molar-refractivity contribution is 5.95. The van der Waals surface area contributed by atoms with Crippen LogP contribution >= 0.6 is 0 Å². The minimum absolute atomic E-state index is 0.0282. The Balaban J connectivity index is 2.03. The van der Waals surface area contributed by atoms with Crippen LogP contribution in [-0.4, -0.2) is 23.9 Å². The normalized spacial score (nSPS) is 17.3. The smallest absolute Gasteiger partial charge is 0.253 e. The SMILES string of the molecule is CC(C)(C)C1CCN(C(=O)c2ccc(F)c(N)c2)CC1. The van der Waals surface area contributed by atoms with Crippen LogP contribution in [0, 0.1) is 17.2 Å². The molecule has 20 heavy (non-hydrogen) atoms. The van der Waals surface area contributed by atoms with Crippen LogP contribution in [0.15, 0.2) is 18.2 Å². The number of anilines is 1. The topological polar surface area (TPSA) is 46.3 Å². The van der Waals surface area contributed by atoms with E-state index in [4.69, 9.17) is 5.73 Å². The Hall–Kier alpha value is -1.58. The van der Waals surface area contributed by atoms with Crippen molar-refractivity contribution in [1.29, 1.82) is 0 Å². The molecule has 0 atom stereocenters. The summed E-state index contributed by atoms with van der Waals surface area (Å²) in [6.07, 6.45) is 2.04. The Labute approximate surface area is 120 Å². The highest BCUT2D eigenvalue weighted by Gasteiger charge is 2.30. The molecule has 0 bridgehead atoms. The average molecular weight is 278 g/mol. The third-order valence-electron chi connectivity index (χ3n) is 4.25. The van der Waals surface area contributed by atoms with Gasteiger partial charge in [-0.2, -0.15) is 0 Å². The van der Waals surface area contributed by atoms with Crippen molar-refractivity contribution in [1.82, 2.24) is 4.90 Å². The van der Waals surface area contributed by atoms with Gasteiger partial charge in [-0.05, 0) is 42.4 Å². The van der Waals surface area contributed by atoms with E-state index in [-0.39, 0.29) is 17.0 Å². The molecule has 1 fully saturated rings. The van der Waals surface area contributed by atoms with Gasteiger partial charge in [-0.25, -0.2) is 4.39 Å². The molecule has 3 nitrogen and oxygen atoms in total. The van der Waals surface area contributed by atoms with Gasteiger partial charge in [-0.3, -0.25) is 4.79 Å². The second-order valence-corrected chi connectivity index (χ2v) is 6.67. The monoisotopic (exact) mass is 278 g/mol. The number of amides is 1. The van der Waals surface area contributed by atoms with Gasteiger partial charge in [0.05, 0.1) is 5.69 Å². The fourth-order valence-electron chi connectivity index (χ4n) is 2.81. The predicted molar refractivity (Wildman–Crippen MR) is 78.9 cm³/mol. The zero-order valence-electron chi connectivity index (χ0n) is 12.4. The van der Waals surface area contributed by atoms with Crippen molar-refractivity contribution in [3.63, 3.8) is 0 Å².